The van der Waals surface area contributed by atoms with Gasteiger partial charge < -0.3 is 0 Å². The summed E-state index contributed by atoms with van der Waals surface area (Å²) in [4.78, 5) is -1.38. The van der Waals surface area contributed by atoms with Crippen LogP contribution >= 0.6 is 0 Å². The minimum Gasteiger partial charge on any atom is -0.218 e. The topological polar surface area (TPSA) is 68.3 Å². The second-order valence-electron chi connectivity index (χ2n) is 6.91. The fraction of sp³-hybridized carbons (Fsp3) is 0. The molecule has 4 rings (SSSR count). The molecule has 0 bridgehead atoms. The first-order valence-electron chi connectivity index (χ1n) is 9.41. The highest BCUT2D eigenvalue weighted by molar-refractivity contribution is 7.94. The van der Waals surface area contributed by atoms with Crippen LogP contribution in [0.2, 0.25) is 0 Å². The van der Waals surface area contributed by atoms with Gasteiger partial charge in [0.15, 0.2) is 0 Å². The van der Waals surface area contributed by atoms with Gasteiger partial charge in [0.25, 0.3) is 0 Å². The van der Waals surface area contributed by atoms with Crippen LogP contribution < -0.4 is 0 Å². The van der Waals surface area contributed by atoms with Gasteiger partial charge in [0.05, 0.1) is 19.6 Å². The highest BCUT2D eigenvalue weighted by Crippen LogP contribution is 2.38. The monoisotopic (exact) mass is 470 g/mol. The Morgan fingerprint density at radius 3 is 1.53 bits per heavy atom. The average molecular weight is 471 g/mol. The lowest BCUT2D eigenvalue weighted by Crippen LogP contribution is -2.12. The number of hydrogen-bond acceptors (Lipinski definition) is 4. The lowest BCUT2D eigenvalue weighted by Gasteiger charge is -2.16. The maximum absolute atomic E-state index is 13.6. The van der Waals surface area contributed by atoms with E-state index in [1.807, 2.05) is 0 Å². The molecular weight excluding hydrogens is 454 g/mol. The molecule has 0 radical (unpaired) electrons. The quantitative estimate of drug-likeness (QED) is 0.371. The van der Waals surface area contributed by atoms with E-state index in [1.165, 1.54) is 18.2 Å². The molecule has 0 aromatic heterocycles. The molecule has 162 valence electrons. The summed E-state index contributed by atoms with van der Waals surface area (Å²) in [7, 11) is -8.72. The van der Waals surface area contributed by atoms with Crippen LogP contribution in [0.5, 0.6) is 0 Å². The summed E-state index contributed by atoms with van der Waals surface area (Å²) in [5.74, 6) is -1.25. The Balaban J connectivity index is 2.06. The highest BCUT2D eigenvalue weighted by Gasteiger charge is 2.32. The molecule has 0 aliphatic rings. The molecule has 0 unspecified atom stereocenters. The van der Waals surface area contributed by atoms with Crippen LogP contribution in [-0.4, -0.2) is 16.8 Å². The summed E-state index contributed by atoms with van der Waals surface area (Å²) in [6.45, 7) is 0. The van der Waals surface area contributed by atoms with Crippen molar-refractivity contribution in [2.45, 2.75) is 19.6 Å². The average Bonchev–Trinajstić information content (AvgIpc) is 2.80. The first-order chi connectivity index (χ1) is 15.2. The fourth-order valence-electron chi connectivity index (χ4n) is 3.32. The molecule has 8 heteroatoms. The summed E-state index contributed by atoms with van der Waals surface area (Å²) in [6.07, 6.45) is 0. The van der Waals surface area contributed by atoms with Crippen molar-refractivity contribution in [1.29, 1.82) is 0 Å². The van der Waals surface area contributed by atoms with Crippen molar-refractivity contribution in [3.05, 3.63) is 109 Å². The van der Waals surface area contributed by atoms with Crippen LogP contribution in [0.3, 0.4) is 0 Å². The second-order valence-corrected chi connectivity index (χ2v) is 10.7. The predicted octanol–water partition coefficient (Wildman–Crippen LogP) is 5.30. The molecule has 0 saturated heterocycles. The van der Waals surface area contributed by atoms with Gasteiger partial charge in [0.2, 0.25) is 19.7 Å². The van der Waals surface area contributed by atoms with Gasteiger partial charge in [0.1, 0.15) is 11.6 Å². The van der Waals surface area contributed by atoms with Crippen molar-refractivity contribution in [3.63, 3.8) is 0 Å². The third kappa shape index (κ3) is 3.94. The van der Waals surface area contributed by atoms with Gasteiger partial charge in [-0.3, -0.25) is 0 Å². The predicted molar refractivity (Wildman–Crippen MR) is 116 cm³/mol. The highest BCUT2D eigenvalue weighted by atomic mass is 32.2. The van der Waals surface area contributed by atoms with E-state index < -0.39 is 41.1 Å². The first-order valence-corrected chi connectivity index (χ1v) is 12.4. The summed E-state index contributed by atoms with van der Waals surface area (Å²) < 4.78 is 80.9. The molecule has 4 nitrogen and oxygen atoms in total. The smallest absolute Gasteiger partial charge is 0.208 e. The minimum atomic E-state index is -4.38. The molecule has 0 spiro atoms. The van der Waals surface area contributed by atoms with Gasteiger partial charge in [-0.25, -0.2) is 25.6 Å². The molecule has 4 aromatic rings. The molecular formula is C24H16F2O4S2. The maximum atomic E-state index is 13.6. The number of benzene rings is 4. The molecule has 0 N–H and O–H groups in total. The Morgan fingerprint density at radius 2 is 1.00 bits per heavy atom. The summed E-state index contributed by atoms with van der Waals surface area (Å²) in [6, 6.07) is 20.9. The van der Waals surface area contributed by atoms with Gasteiger partial charge in [-0.1, -0.05) is 42.5 Å². The molecule has 0 saturated carbocycles. The standard InChI is InChI=1S/C24H16F2O4S2/c25-18-9-13-20(14-10-18)31(27,28)23-8-4-7-22(17-5-2-1-3-6-17)24(23)32(29,30)21-15-11-19(26)12-16-21/h1-16H. The van der Waals surface area contributed by atoms with Crippen molar-refractivity contribution >= 4 is 19.7 Å². The Hall–Kier alpha value is -3.36. The van der Waals surface area contributed by atoms with Crippen molar-refractivity contribution in [3.8, 4) is 11.1 Å². The molecule has 4 aromatic carbocycles. The maximum Gasteiger partial charge on any atom is 0.208 e. The van der Waals surface area contributed by atoms with Crippen LogP contribution in [-0.2, 0) is 19.7 Å². The normalized spacial score (nSPS) is 11.9. The number of sulfone groups is 2. The van der Waals surface area contributed by atoms with E-state index in [9.17, 15) is 25.6 Å². The van der Waals surface area contributed by atoms with Gasteiger partial charge in [-0.15, -0.1) is 0 Å². The van der Waals surface area contributed by atoms with Crippen LogP contribution in [0.25, 0.3) is 11.1 Å². The van der Waals surface area contributed by atoms with E-state index >= 15 is 0 Å². The molecule has 32 heavy (non-hydrogen) atoms. The summed E-state index contributed by atoms with van der Waals surface area (Å²) in [5.41, 5.74) is 0.669. The van der Waals surface area contributed by atoms with Crippen molar-refractivity contribution in [2.24, 2.45) is 0 Å². The molecule has 0 amide bonds. The molecule has 0 aliphatic heterocycles. The van der Waals surface area contributed by atoms with E-state index in [2.05, 4.69) is 0 Å². The zero-order valence-corrected chi connectivity index (χ0v) is 18.1. The van der Waals surface area contributed by atoms with Crippen molar-refractivity contribution in [2.75, 3.05) is 0 Å². The molecule has 0 atom stereocenters. The van der Waals surface area contributed by atoms with E-state index in [4.69, 9.17) is 0 Å². The number of hydrogen-bond donors (Lipinski definition) is 0. The van der Waals surface area contributed by atoms with E-state index in [1.54, 1.807) is 30.3 Å². The summed E-state index contributed by atoms with van der Waals surface area (Å²) >= 11 is 0. The zero-order chi connectivity index (χ0) is 22.9. The minimum absolute atomic E-state index is 0.179. The van der Waals surface area contributed by atoms with Crippen LogP contribution in [0.1, 0.15) is 0 Å². The van der Waals surface area contributed by atoms with Crippen LogP contribution in [0, 0.1) is 11.6 Å². The number of halogens is 2. The zero-order valence-electron chi connectivity index (χ0n) is 16.4. The summed E-state index contributed by atoms with van der Waals surface area (Å²) in [5, 5.41) is 0. The van der Waals surface area contributed by atoms with Gasteiger partial charge in [0, 0.05) is 5.56 Å². The Labute approximate surface area is 184 Å². The van der Waals surface area contributed by atoms with Crippen molar-refractivity contribution < 1.29 is 25.6 Å². The Morgan fingerprint density at radius 1 is 0.500 bits per heavy atom. The van der Waals surface area contributed by atoms with E-state index in [-0.39, 0.29) is 15.4 Å². The molecule has 0 heterocycles. The third-order valence-electron chi connectivity index (χ3n) is 4.87. The number of rotatable bonds is 5. The Bertz CT molecular complexity index is 1480. The van der Waals surface area contributed by atoms with Crippen molar-refractivity contribution in [1.82, 2.24) is 0 Å². The lowest BCUT2D eigenvalue weighted by atomic mass is 10.1. The van der Waals surface area contributed by atoms with E-state index in [0.717, 1.165) is 48.5 Å². The van der Waals surface area contributed by atoms with Crippen LogP contribution in [0.15, 0.2) is 117 Å². The van der Waals surface area contributed by atoms with Crippen LogP contribution in [0.4, 0.5) is 8.78 Å². The largest absolute Gasteiger partial charge is 0.218 e. The second kappa shape index (κ2) is 8.29. The lowest BCUT2D eigenvalue weighted by molar-refractivity contribution is 0.581. The fourth-order valence-corrected chi connectivity index (χ4v) is 6.88. The van der Waals surface area contributed by atoms with E-state index in [0.29, 0.717) is 5.56 Å². The molecule has 0 fully saturated rings. The Kier molecular flexibility index (Phi) is 5.66. The van der Waals surface area contributed by atoms with Gasteiger partial charge in [-0.05, 0) is 60.2 Å². The molecule has 0 aliphatic carbocycles. The van der Waals surface area contributed by atoms with Gasteiger partial charge in [-0.2, -0.15) is 0 Å². The SMILES string of the molecule is O=S(=O)(c1ccc(F)cc1)c1cccc(-c2ccccc2)c1S(=O)(=O)c1ccc(F)cc1. The first kappa shape index (κ1) is 21.9. The third-order valence-corrected chi connectivity index (χ3v) is 8.68. The van der Waals surface area contributed by atoms with Gasteiger partial charge >= 0.3 is 0 Å².